The van der Waals surface area contributed by atoms with E-state index in [2.05, 4.69) is 5.32 Å². The zero-order valence-corrected chi connectivity index (χ0v) is 9.28. The first-order valence-electron chi connectivity index (χ1n) is 5.69. The highest BCUT2D eigenvalue weighted by molar-refractivity contribution is 5.74. The second-order valence-electron chi connectivity index (χ2n) is 4.51. The van der Waals surface area contributed by atoms with E-state index in [9.17, 15) is 9.90 Å². The molecule has 0 saturated carbocycles. The van der Waals surface area contributed by atoms with Crippen molar-refractivity contribution in [2.45, 2.75) is 24.9 Å². The summed E-state index contributed by atoms with van der Waals surface area (Å²) in [5, 5.41) is 13.6. The highest BCUT2D eigenvalue weighted by atomic mass is 16.3. The normalized spacial score (nSPS) is 19.3. The monoisotopic (exact) mass is 219 g/mol. The number of nitrogens with one attached hydrogen (secondary N) is 1. The molecule has 0 atom stereocenters. The van der Waals surface area contributed by atoms with Gasteiger partial charge in [0, 0.05) is 12.0 Å². The second-order valence-corrected chi connectivity index (χ2v) is 4.51. The number of piperidine rings is 1. The average Bonchev–Trinajstić information content (AvgIpc) is 2.30. The van der Waals surface area contributed by atoms with Crippen molar-refractivity contribution < 1.29 is 9.90 Å². The molecule has 1 fully saturated rings. The molecule has 0 aliphatic carbocycles. The number of hydrogen-bond donors (Lipinski definition) is 2. The van der Waals surface area contributed by atoms with Crippen molar-refractivity contribution in [3.8, 4) is 0 Å². The standard InChI is InChI=1S/C13H17NO2/c15-10-12-3-1-11(2-4-12)9-13(16)5-7-14-8-6-13/h1-4,10,14,16H,5-9H2. The number of hydrogen-bond acceptors (Lipinski definition) is 3. The van der Waals surface area contributed by atoms with E-state index in [1.165, 1.54) is 0 Å². The van der Waals surface area contributed by atoms with Gasteiger partial charge in [-0.3, -0.25) is 4.79 Å². The van der Waals surface area contributed by atoms with Gasteiger partial charge in [-0.15, -0.1) is 0 Å². The molecule has 0 amide bonds. The van der Waals surface area contributed by atoms with Gasteiger partial charge in [0.05, 0.1) is 5.60 Å². The molecule has 2 rings (SSSR count). The van der Waals surface area contributed by atoms with Gasteiger partial charge in [0.15, 0.2) is 0 Å². The van der Waals surface area contributed by atoms with Gasteiger partial charge in [-0.05, 0) is 31.5 Å². The second kappa shape index (κ2) is 4.76. The van der Waals surface area contributed by atoms with Crippen molar-refractivity contribution in [2.24, 2.45) is 0 Å². The van der Waals surface area contributed by atoms with Crippen LogP contribution in [0.15, 0.2) is 24.3 Å². The van der Waals surface area contributed by atoms with Crippen LogP contribution >= 0.6 is 0 Å². The van der Waals surface area contributed by atoms with Gasteiger partial charge in [-0.25, -0.2) is 0 Å². The lowest BCUT2D eigenvalue weighted by Crippen LogP contribution is -2.43. The summed E-state index contributed by atoms with van der Waals surface area (Å²) in [5.41, 5.74) is 1.20. The van der Waals surface area contributed by atoms with Crippen molar-refractivity contribution in [1.82, 2.24) is 5.32 Å². The Balaban J connectivity index is 2.04. The zero-order chi connectivity index (χ0) is 11.4. The summed E-state index contributed by atoms with van der Waals surface area (Å²) >= 11 is 0. The Morgan fingerprint density at radius 1 is 1.25 bits per heavy atom. The van der Waals surface area contributed by atoms with E-state index in [0.717, 1.165) is 37.8 Å². The Morgan fingerprint density at radius 3 is 2.44 bits per heavy atom. The number of rotatable bonds is 3. The molecule has 1 aliphatic heterocycles. The summed E-state index contributed by atoms with van der Waals surface area (Å²) in [6.07, 6.45) is 3.10. The summed E-state index contributed by atoms with van der Waals surface area (Å²) in [6.45, 7) is 1.76. The molecule has 0 spiro atoms. The third kappa shape index (κ3) is 2.68. The fourth-order valence-electron chi connectivity index (χ4n) is 2.16. The molecule has 1 saturated heterocycles. The molecule has 3 nitrogen and oxygen atoms in total. The number of carbonyl (C=O) groups excluding carboxylic acids is 1. The average molecular weight is 219 g/mol. The maximum atomic E-state index is 10.5. The van der Waals surface area contributed by atoms with Crippen LogP contribution in [0.25, 0.3) is 0 Å². The zero-order valence-electron chi connectivity index (χ0n) is 9.28. The minimum atomic E-state index is -0.575. The minimum absolute atomic E-state index is 0.575. The smallest absolute Gasteiger partial charge is 0.150 e. The molecule has 0 radical (unpaired) electrons. The predicted molar refractivity (Wildman–Crippen MR) is 62.6 cm³/mol. The molecule has 3 heteroatoms. The van der Waals surface area contributed by atoms with Crippen molar-refractivity contribution in [2.75, 3.05) is 13.1 Å². The van der Waals surface area contributed by atoms with E-state index in [0.29, 0.717) is 12.0 Å². The molecule has 86 valence electrons. The molecule has 1 aromatic rings. The first-order valence-corrected chi connectivity index (χ1v) is 5.69. The molecule has 0 aromatic heterocycles. The fraction of sp³-hybridized carbons (Fsp3) is 0.462. The molecular weight excluding hydrogens is 202 g/mol. The van der Waals surface area contributed by atoms with E-state index in [1.54, 1.807) is 12.1 Å². The van der Waals surface area contributed by atoms with Crippen molar-refractivity contribution in [3.05, 3.63) is 35.4 Å². The van der Waals surface area contributed by atoms with Gasteiger partial charge in [0.2, 0.25) is 0 Å². The molecule has 0 unspecified atom stereocenters. The largest absolute Gasteiger partial charge is 0.389 e. The number of aldehydes is 1. The van der Waals surface area contributed by atoms with Crippen LogP contribution in [0.3, 0.4) is 0 Å². The Kier molecular flexibility index (Phi) is 3.36. The molecule has 1 aromatic carbocycles. The van der Waals surface area contributed by atoms with Gasteiger partial charge in [-0.2, -0.15) is 0 Å². The lowest BCUT2D eigenvalue weighted by atomic mass is 9.86. The summed E-state index contributed by atoms with van der Waals surface area (Å²) in [6, 6.07) is 7.44. The van der Waals surface area contributed by atoms with Crippen LogP contribution in [-0.2, 0) is 6.42 Å². The molecule has 0 bridgehead atoms. The Bertz CT molecular complexity index is 353. The summed E-state index contributed by atoms with van der Waals surface area (Å²) in [5.74, 6) is 0. The van der Waals surface area contributed by atoms with Crippen molar-refractivity contribution in [3.63, 3.8) is 0 Å². The predicted octanol–water partition coefficient (Wildman–Crippen LogP) is 1.16. The van der Waals surface area contributed by atoms with Gasteiger partial charge in [0.25, 0.3) is 0 Å². The minimum Gasteiger partial charge on any atom is -0.389 e. The quantitative estimate of drug-likeness (QED) is 0.750. The highest BCUT2D eigenvalue weighted by Crippen LogP contribution is 2.23. The third-order valence-corrected chi connectivity index (χ3v) is 3.18. The van der Waals surface area contributed by atoms with Crippen LogP contribution in [0.1, 0.15) is 28.8 Å². The SMILES string of the molecule is O=Cc1ccc(CC2(O)CCNCC2)cc1. The fourth-order valence-corrected chi connectivity index (χ4v) is 2.16. The van der Waals surface area contributed by atoms with Crippen LogP contribution < -0.4 is 5.32 Å². The third-order valence-electron chi connectivity index (χ3n) is 3.18. The molecule has 1 heterocycles. The lowest BCUT2D eigenvalue weighted by molar-refractivity contribution is 0.0109. The van der Waals surface area contributed by atoms with Crippen LogP contribution in [0.5, 0.6) is 0 Å². The maximum Gasteiger partial charge on any atom is 0.150 e. The first kappa shape index (κ1) is 11.3. The lowest BCUT2D eigenvalue weighted by Gasteiger charge is -2.32. The summed E-state index contributed by atoms with van der Waals surface area (Å²) < 4.78 is 0. The Morgan fingerprint density at radius 2 is 1.88 bits per heavy atom. The topological polar surface area (TPSA) is 49.3 Å². The highest BCUT2D eigenvalue weighted by Gasteiger charge is 2.28. The van der Waals surface area contributed by atoms with E-state index in [4.69, 9.17) is 0 Å². The molecule has 16 heavy (non-hydrogen) atoms. The van der Waals surface area contributed by atoms with E-state index < -0.39 is 5.60 Å². The molecule has 1 aliphatic rings. The first-order chi connectivity index (χ1) is 7.72. The van der Waals surface area contributed by atoms with Gasteiger partial charge < -0.3 is 10.4 Å². The van der Waals surface area contributed by atoms with E-state index in [-0.39, 0.29) is 0 Å². The summed E-state index contributed by atoms with van der Waals surface area (Å²) in [7, 11) is 0. The van der Waals surface area contributed by atoms with Crippen molar-refractivity contribution in [1.29, 1.82) is 0 Å². The van der Waals surface area contributed by atoms with Crippen LogP contribution in [0.4, 0.5) is 0 Å². The van der Waals surface area contributed by atoms with Gasteiger partial charge >= 0.3 is 0 Å². The van der Waals surface area contributed by atoms with Crippen molar-refractivity contribution >= 4 is 6.29 Å². The van der Waals surface area contributed by atoms with E-state index >= 15 is 0 Å². The number of benzene rings is 1. The van der Waals surface area contributed by atoms with E-state index in [1.807, 2.05) is 12.1 Å². The summed E-state index contributed by atoms with van der Waals surface area (Å²) in [4.78, 5) is 10.5. The van der Waals surface area contributed by atoms with Crippen LogP contribution in [-0.4, -0.2) is 30.1 Å². The maximum absolute atomic E-state index is 10.5. The Labute approximate surface area is 95.5 Å². The van der Waals surface area contributed by atoms with Gasteiger partial charge in [-0.1, -0.05) is 24.3 Å². The van der Waals surface area contributed by atoms with Crippen LogP contribution in [0.2, 0.25) is 0 Å². The molecule has 2 N–H and O–H groups in total. The number of carbonyl (C=O) groups is 1. The number of aliphatic hydroxyl groups is 1. The van der Waals surface area contributed by atoms with Crippen LogP contribution in [0, 0.1) is 0 Å². The van der Waals surface area contributed by atoms with Gasteiger partial charge in [0.1, 0.15) is 6.29 Å². The Hall–Kier alpha value is -1.19. The molecular formula is C13H17NO2.